The lowest BCUT2D eigenvalue weighted by atomic mass is 9.86. The van der Waals surface area contributed by atoms with Crippen LogP contribution in [0.3, 0.4) is 0 Å². The molecule has 1 unspecified atom stereocenters. The number of nitrogens with one attached hydrogen (secondary N) is 2. The zero-order chi connectivity index (χ0) is 19.2. The maximum Gasteiger partial charge on any atom is 0.123 e. The number of nitrogen functional groups attached to an aromatic ring is 1. The van der Waals surface area contributed by atoms with Gasteiger partial charge in [0.2, 0.25) is 0 Å². The third-order valence-corrected chi connectivity index (χ3v) is 5.32. The Morgan fingerprint density at radius 3 is 2.58 bits per heavy atom. The maximum atomic E-state index is 13.2. The first-order valence-electron chi connectivity index (χ1n) is 9.66. The molecule has 2 heterocycles. The van der Waals surface area contributed by atoms with Crippen molar-refractivity contribution < 1.29 is 4.39 Å². The van der Waals surface area contributed by atoms with Crippen molar-refractivity contribution in [1.82, 2.24) is 15.6 Å². The number of aromatic nitrogens is 1. The summed E-state index contributed by atoms with van der Waals surface area (Å²) in [6.45, 7) is 5.47. The van der Waals surface area contributed by atoms with E-state index < -0.39 is 0 Å². The lowest BCUT2D eigenvalue weighted by molar-refractivity contribution is 0.336. The molecule has 1 fully saturated rings. The fraction of sp³-hybridized carbons (Fsp3) is 0.476. The van der Waals surface area contributed by atoms with Crippen molar-refractivity contribution in [3.05, 3.63) is 59.0 Å². The highest BCUT2D eigenvalue weighted by atomic mass is 35.5. The predicted octanol–water partition coefficient (Wildman–Crippen LogP) is 3.34. The lowest BCUT2D eigenvalue weighted by Crippen LogP contribution is -2.44. The normalized spacial score (nSPS) is 18.0. The molecule has 0 saturated carbocycles. The Bertz CT molecular complexity index is 748. The van der Waals surface area contributed by atoms with E-state index in [1.807, 2.05) is 19.1 Å². The van der Waals surface area contributed by atoms with E-state index in [0.717, 1.165) is 55.8 Å². The van der Waals surface area contributed by atoms with E-state index in [2.05, 4.69) is 21.7 Å². The standard InChI is InChI=1S/C21H30FN5.4ClH/c1-14-7-18(27-21(24)8-14)10-16-11-26-12-19(16)20(23)13-25-6-5-15-3-2-4-17(22)9-15;;;;/h2-4,7-9,16,19-20,25-26H,5-6,10-13,23H2,1H3,(H2,24,27);4*1H/t16-,19-,20?;;;;/m1..../s1. The van der Waals surface area contributed by atoms with Gasteiger partial charge in [0, 0.05) is 18.3 Å². The summed E-state index contributed by atoms with van der Waals surface area (Å²) < 4.78 is 13.2. The summed E-state index contributed by atoms with van der Waals surface area (Å²) >= 11 is 0. The summed E-state index contributed by atoms with van der Waals surface area (Å²) in [5.41, 5.74) is 15.5. The Labute approximate surface area is 209 Å². The van der Waals surface area contributed by atoms with Crippen LogP contribution in [0.1, 0.15) is 16.8 Å². The van der Waals surface area contributed by atoms with Gasteiger partial charge in [0.25, 0.3) is 0 Å². The van der Waals surface area contributed by atoms with Gasteiger partial charge in [-0.15, -0.1) is 49.6 Å². The molecule has 10 heteroatoms. The molecule has 31 heavy (non-hydrogen) atoms. The Morgan fingerprint density at radius 2 is 1.90 bits per heavy atom. The zero-order valence-corrected chi connectivity index (χ0v) is 20.8. The van der Waals surface area contributed by atoms with Crippen LogP contribution in [0.15, 0.2) is 36.4 Å². The molecule has 1 aromatic heterocycles. The summed E-state index contributed by atoms with van der Waals surface area (Å²) in [4.78, 5) is 4.47. The molecular formula is C21H34Cl4FN5. The Kier molecular flexibility index (Phi) is 16.5. The van der Waals surface area contributed by atoms with Crippen LogP contribution < -0.4 is 22.1 Å². The molecule has 1 aliphatic heterocycles. The van der Waals surface area contributed by atoms with Gasteiger partial charge >= 0.3 is 0 Å². The molecule has 0 bridgehead atoms. The summed E-state index contributed by atoms with van der Waals surface area (Å²) in [7, 11) is 0. The molecule has 3 rings (SSSR count). The summed E-state index contributed by atoms with van der Waals surface area (Å²) in [5.74, 6) is 1.25. The molecule has 178 valence electrons. The van der Waals surface area contributed by atoms with Crippen LogP contribution in [-0.4, -0.2) is 37.2 Å². The average molecular weight is 517 g/mol. The molecular weight excluding hydrogens is 483 g/mol. The van der Waals surface area contributed by atoms with E-state index in [0.29, 0.717) is 17.7 Å². The Hall–Kier alpha value is -0.860. The number of nitrogens with two attached hydrogens (primary N) is 2. The molecule has 0 amide bonds. The van der Waals surface area contributed by atoms with Gasteiger partial charge in [-0.05, 0) is 86.6 Å². The molecule has 2 aromatic rings. The van der Waals surface area contributed by atoms with Crippen LogP contribution >= 0.6 is 49.6 Å². The van der Waals surface area contributed by atoms with Crippen molar-refractivity contribution in [3.63, 3.8) is 0 Å². The number of hydrogen-bond donors (Lipinski definition) is 4. The van der Waals surface area contributed by atoms with Crippen LogP contribution in [0.4, 0.5) is 10.2 Å². The van der Waals surface area contributed by atoms with Crippen molar-refractivity contribution >= 4 is 55.4 Å². The minimum atomic E-state index is -0.186. The van der Waals surface area contributed by atoms with Crippen LogP contribution in [0, 0.1) is 24.6 Å². The third-order valence-electron chi connectivity index (χ3n) is 5.32. The van der Waals surface area contributed by atoms with E-state index in [-0.39, 0.29) is 61.5 Å². The van der Waals surface area contributed by atoms with Gasteiger partial charge in [0.1, 0.15) is 11.6 Å². The highest BCUT2D eigenvalue weighted by Gasteiger charge is 2.32. The van der Waals surface area contributed by atoms with Gasteiger partial charge in [-0.1, -0.05) is 12.1 Å². The molecule has 5 nitrogen and oxygen atoms in total. The summed E-state index contributed by atoms with van der Waals surface area (Å²) in [5, 5.41) is 6.89. The first kappa shape index (κ1) is 32.3. The van der Waals surface area contributed by atoms with Crippen LogP contribution in [0.2, 0.25) is 0 Å². The topological polar surface area (TPSA) is 89.0 Å². The van der Waals surface area contributed by atoms with Crippen molar-refractivity contribution in [2.24, 2.45) is 17.6 Å². The second kappa shape index (κ2) is 15.9. The highest BCUT2D eigenvalue weighted by molar-refractivity contribution is 5.86. The number of aryl methyl sites for hydroxylation is 1. The lowest BCUT2D eigenvalue weighted by Gasteiger charge is -2.25. The average Bonchev–Trinajstić information content (AvgIpc) is 3.06. The van der Waals surface area contributed by atoms with Gasteiger partial charge in [-0.3, -0.25) is 0 Å². The van der Waals surface area contributed by atoms with E-state index in [1.165, 1.54) is 6.07 Å². The number of hydrogen-bond acceptors (Lipinski definition) is 5. The van der Waals surface area contributed by atoms with Gasteiger partial charge in [0.05, 0.1) is 0 Å². The third kappa shape index (κ3) is 10.1. The maximum absolute atomic E-state index is 13.2. The molecule has 0 aliphatic carbocycles. The first-order chi connectivity index (χ1) is 13.0. The minimum Gasteiger partial charge on any atom is -0.384 e. The van der Waals surface area contributed by atoms with Gasteiger partial charge in [0.15, 0.2) is 0 Å². The minimum absolute atomic E-state index is 0. The molecule has 1 aromatic carbocycles. The SMILES string of the molecule is Cc1cc(N)nc(C[C@@H]2CNC[C@H]2C(N)CNCCc2cccc(F)c2)c1.Cl.Cl.Cl.Cl. The van der Waals surface area contributed by atoms with Crippen LogP contribution in [0.5, 0.6) is 0 Å². The van der Waals surface area contributed by atoms with Crippen molar-refractivity contribution in [1.29, 1.82) is 0 Å². The second-order valence-electron chi connectivity index (χ2n) is 7.59. The number of anilines is 1. The molecule has 1 saturated heterocycles. The fourth-order valence-corrected chi connectivity index (χ4v) is 3.96. The monoisotopic (exact) mass is 515 g/mol. The number of halogens is 5. The van der Waals surface area contributed by atoms with Gasteiger partial charge in [-0.2, -0.15) is 0 Å². The molecule has 0 spiro atoms. The molecule has 6 N–H and O–H groups in total. The van der Waals surface area contributed by atoms with E-state index in [1.54, 1.807) is 12.1 Å². The quantitative estimate of drug-likeness (QED) is 0.404. The van der Waals surface area contributed by atoms with Crippen LogP contribution in [-0.2, 0) is 12.8 Å². The van der Waals surface area contributed by atoms with Crippen molar-refractivity contribution in [3.8, 4) is 0 Å². The second-order valence-corrected chi connectivity index (χ2v) is 7.59. The molecule has 1 aliphatic rings. The van der Waals surface area contributed by atoms with E-state index >= 15 is 0 Å². The molecule has 0 radical (unpaired) electrons. The van der Waals surface area contributed by atoms with Crippen molar-refractivity contribution in [2.45, 2.75) is 25.8 Å². The summed E-state index contributed by atoms with van der Waals surface area (Å²) in [6.07, 6.45) is 1.68. The zero-order valence-electron chi connectivity index (χ0n) is 17.6. The summed E-state index contributed by atoms with van der Waals surface area (Å²) in [6, 6.07) is 10.8. The molecule has 3 atom stereocenters. The van der Waals surface area contributed by atoms with Gasteiger partial charge in [-0.25, -0.2) is 9.37 Å². The number of nitrogens with zero attached hydrogens (tertiary/aromatic N) is 1. The van der Waals surface area contributed by atoms with Gasteiger partial charge < -0.3 is 22.1 Å². The van der Waals surface area contributed by atoms with Crippen LogP contribution in [0.25, 0.3) is 0 Å². The van der Waals surface area contributed by atoms with E-state index in [9.17, 15) is 4.39 Å². The number of pyridine rings is 1. The fourth-order valence-electron chi connectivity index (χ4n) is 3.96. The number of rotatable bonds is 8. The number of benzene rings is 1. The largest absolute Gasteiger partial charge is 0.384 e. The van der Waals surface area contributed by atoms with Crippen molar-refractivity contribution in [2.75, 3.05) is 31.9 Å². The highest BCUT2D eigenvalue weighted by Crippen LogP contribution is 2.24. The van der Waals surface area contributed by atoms with E-state index in [4.69, 9.17) is 11.5 Å². The predicted molar refractivity (Wildman–Crippen MR) is 137 cm³/mol. The Balaban J connectivity index is 0. The first-order valence-corrected chi connectivity index (χ1v) is 9.66. The Morgan fingerprint density at radius 1 is 1.16 bits per heavy atom. The smallest absolute Gasteiger partial charge is 0.123 e.